The molecule has 10 heavy (non-hydrogen) atoms. The molecular formula is C5H12ClNO2S. The Morgan fingerprint density at radius 3 is 2.00 bits per heavy atom. The summed E-state index contributed by atoms with van der Waals surface area (Å²) < 4.78 is 23.7. The first-order valence-electron chi connectivity index (χ1n) is 2.82. The second kappa shape index (κ2) is 3.07. The molecule has 0 aromatic heterocycles. The van der Waals surface area contributed by atoms with Gasteiger partial charge in [-0.2, -0.15) is 0 Å². The van der Waals surface area contributed by atoms with Gasteiger partial charge in [0.25, 0.3) is 0 Å². The Labute approximate surface area is 66.8 Å². The Hall–Kier alpha value is 0.200. The summed E-state index contributed by atoms with van der Waals surface area (Å²) in [6.45, 7) is 3.45. The molecule has 0 aromatic carbocycles. The largest absolute Gasteiger partial charge is 0.213 e. The lowest BCUT2D eigenvalue weighted by molar-refractivity contribution is 0.499. The van der Waals surface area contributed by atoms with E-state index in [9.17, 15) is 8.42 Å². The molecule has 5 heteroatoms. The fourth-order valence-corrected chi connectivity index (χ4v) is 1.75. The number of hydrogen-bond acceptors (Lipinski definition) is 2. The predicted molar refractivity (Wildman–Crippen MR) is 42.8 cm³/mol. The smallest absolute Gasteiger partial charge is 0.209 e. The second-order valence-corrected chi connectivity index (χ2v) is 4.91. The maximum absolute atomic E-state index is 10.6. The molecule has 3 nitrogen and oxygen atoms in total. The van der Waals surface area contributed by atoms with Crippen LogP contribution in [0.15, 0.2) is 0 Å². The van der Waals surface area contributed by atoms with E-state index in [1.807, 2.05) is 0 Å². The highest BCUT2D eigenvalue weighted by Gasteiger charge is 2.19. The molecule has 0 heterocycles. The Morgan fingerprint density at radius 2 is 1.90 bits per heavy atom. The van der Waals surface area contributed by atoms with Crippen molar-refractivity contribution in [3.8, 4) is 0 Å². The normalized spacial score (nSPS) is 13.6. The summed E-state index contributed by atoms with van der Waals surface area (Å²) in [6.07, 6.45) is 1.11. The first-order valence-corrected chi connectivity index (χ1v) is 5.24. The second-order valence-electron chi connectivity index (χ2n) is 2.89. The van der Waals surface area contributed by atoms with Crippen LogP contribution >= 0.6 is 11.6 Å². The molecule has 0 amide bonds. The zero-order valence-corrected chi connectivity index (χ0v) is 7.88. The van der Waals surface area contributed by atoms with Crippen molar-refractivity contribution in [2.75, 3.05) is 12.1 Å². The molecule has 0 saturated heterocycles. The first-order chi connectivity index (χ1) is 4.27. The third kappa shape index (κ3) is 5.02. The van der Waals surface area contributed by atoms with Crippen molar-refractivity contribution in [3.63, 3.8) is 0 Å². The highest BCUT2D eigenvalue weighted by atomic mass is 35.5. The van der Waals surface area contributed by atoms with Crippen molar-refractivity contribution in [2.24, 2.45) is 0 Å². The van der Waals surface area contributed by atoms with Crippen LogP contribution in [-0.2, 0) is 10.0 Å². The maximum atomic E-state index is 10.6. The van der Waals surface area contributed by atoms with Crippen molar-refractivity contribution < 1.29 is 8.42 Å². The van der Waals surface area contributed by atoms with Gasteiger partial charge in [0, 0.05) is 11.4 Å². The van der Waals surface area contributed by atoms with Gasteiger partial charge in [-0.3, -0.25) is 0 Å². The molecule has 0 fully saturated rings. The Morgan fingerprint density at radius 1 is 1.50 bits per heavy atom. The minimum atomic E-state index is -3.13. The fraction of sp³-hybridized carbons (Fsp3) is 1.00. The van der Waals surface area contributed by atoms with E-state index in [1.165, 1.54) is 0 Å². The quantitative estimate of drug-likeness (QED) is 0.653. The van der Waals surface area contributed by atoms with Crippen LogP contribution in [0.25, 0.3) is 0 Å². The van der Waals surface area contributed by atoms with Gasteiger partial charge in [0.05, 0.1) is 6.26 Å². The molecule has 0 radical (unpaired) electrons. The Bertz CT molecular complexity index is 198. The summed E-state index contributed by atoms with van der Waals surface area (Å²) in [5.41, 5.74) is -0.546. The SMILES string of the molecule is CC(C)(CCl)NS(C)(=O)=O. The summed E-state index contributed by atoms with van der Waals surface area (Å²) in [5.74, 6) is 0.264. The monoisotopic (exact) mass is 185 g/mol. The lowest BCUT2D eigenvalue weighted by atomic mass is 10.1. The summed E-state index contributed by atoms with van der Waals surface area (Å²) in [5, 5.41) is 0. The molecule has 0 unspecified atom stereocenters. The van der Waals surface area contributed by atoms with Gasteiger partial charge in [0.2, 0.25) is 10.0 Å². The number of alkyl halides is 1. The van der Waals surface area contributed by atoms with Crippen LogP contribution < -0.4 is 4.72 Å². The van der Waals surface area contributed by atoms with Gasteiger partial charge < -0.3 is 0 Å². The number of hydrogen-bond donors (Lipinski definition) is 1. The van der Waals surface area contributed by atoms with Crippen LogP contribution in [0, 0.1) is 0 Å². The van der Waals surface area contributed by atoms with E-state index in [0.717, 1.165) is 6.26 Å². The van der Waals surface area contributed by atoms with Crippen LogP contribution in [0.5, 0.6) is 0 Å². The van der Waals surface area contributed by atoms with Gasteiger partial charge >= 0.3 is 0 Å². The maximum Gasteiger partial charge on any atom is 0.209 e. The minimum Gasteiger partial charge on any atom is -0.213 e. The number of rotatable bonds is 3. The molecule has 0 aliphatic carbocycles. The van der Waals surface area contributed by atoms with E-state index in [2.05, 4.69) is 4.72 Å². The van der Waals surface area contributed by atoms with Crippen molar-refractivity contribution in [3.05, 3.63) is 0 Å². The molecule has 0 rings (SSSR count). The third-order valence-corrected chi connectivity index (χ3v) is 2.39. The van der Waals surface area contributed by atoms with Crippen LogP contribution in [0.2, 0.25) is 0 Å². The molecular weight excluding hydrogens is 174 g/mol. The van der Waals surface area contributed by atoms with E-state index < -0.39 is 15.6 Å². The van der Waals surface area contributed by atoms with Gasteiger partial charge in [0.15, 0.2) is 0 Å². The highest BCUT2D eigenvalue weighted by Crippen LogP contribution is 2.05. The summed E-state index contributed by atoms with van der Waals surface area (Å²) in [7, 11) is -3.13. The van der Waals surface area contributed by atoms with Crippen LogP contribution in [0.4, 0.5) is 0 Å². The van der Waals surface area contributed by atoms with E-state index in [4.69, 9.17) is 11.6 Å². The van der Waals surface area contributed by atoms with Gasteiger partial charge in [-0.15, -0.1) is 11.6 Å². The van der Waals surface area contributed by atoms with Crippen LogP contribution in [0.1, 0.15) is 13.8 Å². The lowest BCUT2D eigenvalue weighted by Gasteiger charge is -2.21. The lowest BCUT2D eigenvalue weighted by Crippen LogP contribution is -2.44. The van der Waals surface area contributed by atoms with Crippen LogP contribution in [0.3, 0.4) is 0 Å². The zero-order chi connectivity index (χ0) is 8.41. The molecule has 1 N–H and O–H groups in total. The molecule has 0 aliphatic heterocycles. The van der Waals surface area contributed by atoms with Gasteiger partial charge in [-0.1, -0.05) is 0 Å². The summed E-state index contributed by atoms with van der Waals surface area (Å²) in [4.78, 5) is 0. The highest BCUT2D eigenvalue weighted by molar-refractivity contribution is 7.88. The molecule has 0 saturated carbocycles. The molecule has 62 valence electrons. The van der Waals surface area contributed by atoms with E-state index >= 15 is 0 Å². The molecule has 0 aromatic rings. The van der Waals surface area contributed by atoms with Crippen molar-refractivity contribution >= 4 is 21.6 Å². The Balaban J connectivity index is 4.16. The number of halogens is 1. The fourth-order valence-electron chi connectivity index (χ4n) is 0.529. The van der Waals surface area contributed by atoms with Gasteiger partial charge in [-0.05, 0) is 13.8 Å². The van der Waals surface area contributed by atoms with E-state index in [-0.39, 0.29) is 5.88 Å². The third-order valence-electron chi connectivity index (χ3n) is 0.796. The Kier molecular flexibility index (Phi) is 3.13. The van der Waals surface area contributed by atoms with E-state index in [0.29, 0.717) is 0 Å². The van der Waals surface area contributed by atoms with Crippen LogP contribution in [-0.4, -0.2) is 26.1 Å². The average Bonchev–Trinajstić information content (AvgIpc) is 1.60. The van der Waals surface area contributed by atoms with Crippen molar-refractivity contribution in [1.29, 1.82) is 0 Å². The molecule has 0 spiro atoms. The van der Waals surface area contributed by atoms with E-state index in [1.54, 1.807) is 13.8 Å². The number of sulfonamides is 1. The van der Waals surface area contributed by atoms with Crippen molar-refractivity contribution in [2.45, 2.75) is 19.4 Å². The first kappa shape index (κ1) is 10.2. The van der Waals surface area contributed by atoms with Gasteiger partial charge in [0.1, 0.15) is 0 Å². The zero-order valence-electron chi connectivity index (χ0n) is 6.31. The average molecular weight is 186 g/mol. The van der Waals surface area contributed by atoms with Gasteiger partial charge in [-0.25, -0.2) is 13.1 Å². The number of nitrogens with one attached hydrogen (secondary N) is 1. The van der Waals surface area contributed by atoms with Crippen molar-refractivity contribution in [1.82, 2.24) is 4.72 Å². The molecule has 0 atom stereocenters. The molecule has 0 aliphatic rings. The standard InChI is InChI=1S/C5H12ClNO2S/c1-5(2,4-6)7-10(3,8)9/h7H,4H2,1-3H3. The summed E-state index contributed by atoms with van der Waals surface area (Å²) >= 11 is 5.47. The summed E-state index contributed by atoms with van der Waals surface area (Å²) in [6, 6.07) is 0. The molecule has 0 bridgehead atoms. The topological polar surface area (TPSA) is 46.2 Å². The minimum absolute atomic E-state index is 0.264. The predicted octanol–water partition coefficient (Wildman–Crippen LogP) is 0.553.